The maximum Gasteiger partial charge on any atom is 0.242 e. The summed E-state index contributed by atoms with van der Waals surface area (Å²) in [5.41, 5.74) is 3.86. The number of hydrogen-bond acceptors (Lipinski definition) is 6. The third kappa shape index (κ3) is 4.18. The third-order valence-electron chi connectivity index (χ3n) is 5.08. The van der Waals surface area contributed by atoms with Crippen molar-refractivity contribution in [2.45, 2.75) is 19.5 Å². The molecule has 0 saturated heterocycles. The van der Waals surface area contributed by atoms with Gasteiger partial charge in [0.1, 0.15) is 11.0 Å². The molecule has 7 heteroatoms. The number of nitrogens with one attached hydrogen (secondary N) is 2. The zero-order valence-electron chi connectivity index (χ0n) is 16.9. The predicted octanol–water partition coefficient (Wildman–Crippen LogP) is 4.81. The molecule has 31 heavy (non-hydrogen) atoms. The molecular formula is C24H21N3O3S. The fraction of sp³-hybridized carbons (Fsp3) is 0.167. The fourth-order valence-corrected chi connectivity index (χ4v) is 4.41. The number of thiazole rings is 1. The summed E-state index contributed by atoms with van der Waals surface area (Å²) < 4.78 is 11.9. The average Bonchev–Trinajstić information content (AvgIpc) is 3.44. The Bertz CT molecular complexity index is 1220. The number of anilines is 1. The van der Waals surface area contributed by atoms with E-state index in [2.05, 4.69) is 16.7 Å². The molecule has 3 aromatic carbocycles. The quantitative estimate of drug-likeness (QED) is 0.458. The van der Waals surface area contributed by atoms with Crippen LogP contribution < -0.4 is 20.1 Å². The van der Waals surface area contributed by atoms with E-state index in [1.54, 1.807) is 11.3 Å². The van der Waals surface area contributed by atoms with E-state index in [-0.39, 0.29) is 18.7 Å². The van der Waals surface area contributed by atoms with Crippen LogP contribution in [0.15, 0.2) is 66.7 Å². The number of benzene rings is 3. The zero-order chi connectivity index (χ0) is 21.2. The summed E-state index contributed by atoms with van der Waals surface area (Å²) in [6.07, 6.45) is 0. The molecule has 2 N–H and O–H groups in total. The summed E-state index contributed by atoms with van der Waals surface area (Å²) in [6.45, 7) is 2.51. The van der Waals surface area contributed by atoms with Crippen LogP contribution in [0.25, 0.3) is 20.8 Å². The number of amides is 1. The van der Waals surface area contributed by atoms with E-state index in [0.29, 0.717) is 12.3 Å². The Morgan fingerprint density at radius 2 is 1.94 bits per heavy atom. The molecule has 6 nitrogen and oxygen atoms in total. The average molecular weight is 432 g/mol. The topological polar surface area (TPSA) is 72.5 Å². The molecule has 0 spiro atoms. The van der Waals surface area contributed by atoms with Crippen molar-refractivity contribution in [3.63, 3.8) is 0 Å². The first-order valence-corrected chi connectivity index (χ1v) is 10.9. The molecule has 1 amide bonds. The van der Waals surface area contributed by atoms with Gasteiger partial charge in [0.05, 0.1) is 10.2 Å². The highest BCUT2D eigenvalue weighted by Gasteiger charge is 2.16. The first-order valence-electron chi connectivity index (χ1n) is 10.0. The minimum absolute atomic E-state index is 0.0805. The molecule has 1 aromatic heterocycles. The number of nitrogens with zero attached hydrogens (tertiary/aromatic N) is 1. The maximum absolute atomic E-state index is 12.6. The lowest BCUT2D eigenvalue weighted by molar-refractivity contribution is -0.121. The standard InChI is InChI=1S/C24H21N3O3S/c1-15(23(28)25-13-16-9-10-20-21(11-16)30-14-29-20)26-18-6-4-5-17(12-18)24-27-19-7-2-3-8-22(19)31-24/h2-12,15,26H,13-14H2,1H3,(H,25,28)/t15-/m0/s1. The van der Waals surface area contributed by atoms with Gasteiger partial charge in [-0.25, -0.2) is 4.98 Å². The van der Waals surface area contributed by atoms with Crippen molar-refractivity contribution in [3.8, 4) is 22.1 Å². The van der Waals surface area contributed by atoms with Crippen molar-refractivity contribution >= 4 is 33.1 Å². The molecular weight excluding hydrogens is 410 g/mol. The lowest BCUT2D eigenvalue weighted by Gasteiger charge is -2.16. The second-order valence-electron chi connectivity index (χ2n) is 7.34. The van der Waals surface area contributed by atoms with Gasteiger partial charge in [-0.3, -0.25) is 4.79 Å². The van der Waals surface area contributed by atoms with Crippen molar-refractivity contribution in [2.75, 3.05) is 12.1 Å². The van der Waals surface area contributed by atoms with E-state index in [4.69, 9.17) is 14.5 Å². The number of aromatic nitrogens is 1. The second-order valence-corrected chi connectivity index (χ2v) is 8.37. The molecule has 1 atom stereocenters. The van der Waals surface area contributed by atoms with E-state index in [1.165, 1.54) is 0 Å². The smallest absolute Gasteiger partial charge is 0.242 e. The van der Waals surface area contributed by atoms with E-state index in [9.17, 15) is 4.79 Å². The second kappa shape index (κ2) is 8.28. The number of carbonyl (C=O) groups is 1. The van der Waals surface area contributed by atoms with Gasteiger partial charge < -0.3 is 20.1 Å². The van der Waals surface area contributed by atoms with Crippen molar-refractivity contribution < 1.29 is 14.3 Å². The molecule has 0 fully saturated rings. The van der Waals surface area contributed by atoms with Crippen molar-refractivity contribution in [2.24, 2.45) is 0 Å². The largest absolute Gasteiger partial charge is 0.454 e. The molecule has 2 heterocycles. The van der Waals surface area contributed by atoms with Crippen LogP contribution in [0.3, 0.4) is 0 Å². The summed E-state index contributed by atoms with van der Waals surface area (Å²) in [5.74, 6) is 1.37. The summed E-state index contributed by atoms with van der Waals surface area (Å²) in [6, 6.07) is 21.4. The minimum atomic E-state index is -0.389. The number of hydrogen-bond donors (Lipinski definition) is 2. The number of carbonyl (C=O) groups excluding carboxylic acids is 1. The van der Waals surface area contributed by atoms with Gasteiger partial charge in [0.2, 0.25) is 12.7 Å². The summed E-state index contributed by atoms with van der Waals surface area (Å²) in [5, 5.41) is 7.21. The van der Waals surface area contributed by atoms with Crippen LogP contribution in [0.1, 0.15) is 12.5 Å². The molecule has 1 aliphatic rings. The molecule has 0 unspecified atom stereocenters. The van der Waals surface area contributed by atoms with Crippen LogP contribution in [0.4, 0.5) is 5.69 Å². The molecule has 156 valence electrons. The summed E-state index contributed by atoms with van der Waals surface area (Å²) >= 11 is 1.66. The van der Waals surface area contributed by atoms with Gasteiger partial charge in [-0.05, 0) is 48.9 Å². The lowest BCUT2D eigenvalue weighted by atomic mass is 10.1. The number of ether oxygens (including phenoxy) is 2. The van der Waals surface area contributed by atoms with Crippen molar-refractivity contribution in [1.82, 2.24) is 10.3 Å². The van der Waals surface area contributed by atoms with Gasteiger partial charge >= 0.3 is 0 Å². The fourth-order valence-electron chi connectivity index (χ4n) is 3.45. The Kier molecular flexibility index (Phi) is 5.18. The van der Waals surface area contributed by atoms with Gasteiger partial charge in [0, 0.05) is 17.8 Å². The first-order chi connectivity index (χ1) is 15.2. The zero-order valence-corrected chi connectivity index (χ0v) is 17.7. The minimum Gasteiger partial charge on any atom is -0.454 e. The highest BCUT2D eigenvalue weighted by molar-refractivity contribution is 7.21. The normalized spacial score (nSPS) is 13.2. The molecule has 4 aromatic rings. The van der Waals surface area contributed by atoms with E-state index < -0.39 is 0 Å². The number of rotatable bonds is 6. The Balaban J connectivity index is 1.23. The molecule has 1 aliphatic heterocycles. The summed E-state index contributed by atoms with van der Waals surface area (Å²) in [4.78, 5) is 17.3. The van der Waals surface area contributed by atoms with Gasteiger partial charge in [-0.15, -0.1) is 11.3 Å². The maximum atomic E-state index is 12.6. The number of fused-ring (bicyclic) bond motifs is 2. The summed E-state index contributed by atoms with van der Waals surface area (Å²) in [7, 11) is 0. The SMILES string of the molecule is C[C@H](Nc1cccc(-c2nc3ccccc3s2)c1)C(=O)NCc1ccc2c(c1)OCO2. The predicted molar refractivity (Wildman–Crippen MR) is 123 cm³/mol. The Morgan fingerprint density at radius 1 is 1.06 bits per heavy atom. The van der Waals surface area contributed by atoms with Crippen molar-refractivity contribution in [3.05, 3.63) is 72.3 Å². The molecule has 0 aliphatic carbocycles. The van der Waals surface area contributed by atoms with Gasteiger partial charge in [0.15, 0.2) is 11.5 Å². The molecule has 5 rings (SSSR count). The third-order valence-corrected chi connectivity index (χ3v) is 6.17. The van der Waals surface area contributed by atoms with E-state index >= 15 is 0 Å². The van der Waals surface area contributed by atoms with Crippen LogP contribution in [0.5, 0.6) is 11.5 Å². The van der Waals surface area contributed by atoms with E-state index in [1.807, 2.05) is 67.6 Å². The van der Waals surface area contributed by atoms with Crippen LogP contribution in [0, 0.1) is 0 Å². The van der Waals surface area contributed by atoms with Gasteiger partial charge in [0.25, 0.3) is 0 Å². The Hall–Kier alpha value is -3.58. The number of para-hydroxylation sites is 1. The van der Waals surface area contributed by atoms with Crippen LogP contribution in [-0.4, -0.2) is 23.7 Å². The van der Waals surface area contributed by atoms with Gasteiger partial charge in [-0.1, -0.05) is 30.3 Å². The Morgan fingerprint density at radius 3 is 2.84 bits per heavy atom. The van der Waals surface area contributed by atoms with Gasteiger partial charge in [-0.2, -0.15) is 0 Å². The lowest BCUT2D eigenvalue weighted by Crippen LogP contribution is -2.37. The molecule has 0 bridgehead atoms. The Labute approximate surface area is 183 Å². The van der Waals surface area contributed by atoms with Crippen LogP contribution in [0.2, 0.25) is 0 Å². The van der Waals surface area contributed by atoms with Crippen LogP contribution >= 0.6 is 11.3 Å². The van der Waals surface area contributed by atoms with Crippen LogP contribution in [-0.2, 0) is 11.3 Å². The highest BCUT2D eigenvalue weighted by atomic mass is 32.1. The first kappa shape index (κ1) is 19.4. The molecule has 0 radical (unpaired) electrons. The van der Waals surface area contributed by atoms with Crippen molar-refractivity contribution in [1.29, 1.82) is 0 Å². The van der Waals surface area contributed by atoms with E-state index in [0.717, 1.165) is 37.8 Å². The monoisotopic (exact) mass is 431 g/mol. The highest BCUT2D eigenvalue weighted by Crippen LogP contribution is 2.33. The molecule has 0 saturated carbocycles.